The predicted molar refractivity (Wildman–Crippen MR) is 91.5 cm³/mol. The van der Waals surface area contributed by atoms with Gasteiger partial charge in [-0.1, -0.05) is 12.1 Å². The maximum absolute atomic E-state index is 11.2. The Hall–Kier alpha value is -0.870. The molecule has 0 spiro atoms. The molecule has 1 rings (SSSR count). The first kappa shape index (κ1) is 19.1. The highest BCUT2D eigenvalue weighted by atomic mass is 127. The van der Waals surface area contributed by atoms with Gasteiger partial charge in [-0.05, 0) is 31.5 Å². The van der Waals surface area contributed by atoms with Crippen molar-refractivity contribution >= 4 is 40.0 Å². The summed E-state index contributed by atoms with van der Waals surface area (Å²) in [7, 11) is -3.68. The normalized spacial score (nSPS) is 11.8. The lowest BCUT2D eigenvalue weighted by Gasteiger charge is -2.19. The molecule has 8 heteroatoms. The average molecular weight is 412 g/mol. The van der Waals surface area contributed by atoms with E-state index in [1.54, 1.807) is 12.1 Å². The fourth-order valence-corrected chi connectivity index (χ4v) is 2.22. The van der Waals surface area contributed by atoms with Crippen molar-refractivity contribution in [3.8, 4) is 0 Å². The quantitative estimate of drug-likeness (QED) is 0.430. The van der Waals surface area contributed by atoms with Crippen LogP contribution in [0.3, 0.4) is 0 Å². The average Bonchev–Trinajstić information content (AvgIpc) is 2.37. The van der Waals surface area contributed by atoms with Gasteiger partial charge in [-0.3, -0.25) is 0 Å². The molecule has 1 aromatic rings. The number of primary sulfonamides is 1. The second kappa shape index (κ2) is 8.42. The summed E-state index contributed by atoms with van der Waals surface area (Å²) in [4.78, 5) is 6.25. The van der Waals surface area contributed by atoms with E-state index in [-0.39, 0.29) is 28.9 Å². The molecule has 6 nitrogen and oxygen atoms in total. The molecular weight excluding hydrogens is 391 g/mol. The molecule has 0 atom stereocenters. The molecule has 0 radical (unpaired) electrons. The Morgan fingerprint density at radius 1 is 1.30 bits per heavy atom. The van der Waals surface area contributed by atoms with Crippen LogP contribution in [-0.2, 0) is 16.6 Å². The van der Waals surface area contributed by atoms with E-state index < -0.39 is 10.0 Å². The molecule has 4 N–H and O–H groups in total. The van der Waals surface area contributed by atoms with Gasteiger partial charge in [0.05, 0.1) is 11.4 Å². The Labute approximate surface area is 137 Å². The topological polar surface area (TPSA) is 102 Å². The smallest absolute Gasteiger partial charge is 0.238 e. The first-order chi connectivity index (χ1) is 8.88. The zero-order valence-electron chi connectivity index (χ0n) is 11.6. The predicted octanol–water partition coefficient (Wildman–Crippen LogP) is 1.11. The molecule has 0 aliphatic rings. The van der Waals surface area contributed by atoms with Crippen LogP contribution in [0.5, 0.6) is 0 Å². The molecule has 0 fully saturated rings. The van der Waals surface area contributed by atoms with Crippen LogP contribution in [0.15, 0.2) is 34.2 Å². The molecule has 0 aromatic heterocycles. The molecule has 0 bridgehead atoms. The van der Waals surface area contributed by atoms with Crippen LogP contribution < -0.4 is 10.9 Å². The monoisotopic (exact) mass is 412 g/mol. The summed E-state index contributed by atoms with van der Waals surface area (Å²) in [6, 6.07) is 6.39. The Morgan fingerprint density at radius 3 is 2.40 bits per heavy atom. The fourth-order valence-electron chi connectivity index (χ4n) is 1.64. The molecule has 0 unspecified atom stereocenters. The third-order valence-electron chi connectivity index (χ3n) is 2.74. The molecule has 0 aliphatic carbocycles. The number of nitrogens with zero attached hydrogens (tertiary/aromatic N) is 2. The van der Waals surface area contributed by atoms with Gasteiger partial charge in [0.15, 0.2) is 5.96 Å². The van der Waals surface area contributed by atoms with Gasteiger partial charge in [-0.15, -0.1) is 24.0 Å². The molecular formula is C12H21IN4O2S. The van der Waals surface area contributed by atoms with Crippen LogP contribution in [-0.4, -0.2) is 32.4 Å². The molecule has 0 amide bonds. The second-order valence-corrected chi connectivity index (χ2v) is 5.60. The molecule has 1 aromatic carbocycles. The second-order valence-electron chi connectivity index (χ2n) is 4.04. The van der Waals surface area contributed by atoms with E-state index in [0.717, 1.165) is 18.7 Å². The molecule has 20 heavy (non-hydrogen) atoms. The number of benzene rings is 1. The van der Waals surface area contributed by atoms with E-state index in [1.807, 2.05) is 18.7 Å². The van der Waals surface area contributed by atoms with E-state index in [9.17, 15) is 8.42 Å². The summed E-state index contributed by atoms with van der Waals surface area (Å²) in [5.74, 6) is 0.450. The lowest BCUT2D eigenvalue weighted by Crippen LogP contribution is -2.37. The first-order valence-electron chi connectivity index (χ1n) is 6.05. The van der Waals surface area contributed by atoms with E-state index in [2.05, 4.69) is 4.99 Å². The summed E-state index contributed by atoms with van der Waals surface area (Å²) in [5, 5.41) is 5.08. The first-order valence-corrected chi connectivity index (χ1v) is 7.59. The summed E-state index contributed by atoms with van der Waals surface area (Å²) < 4.78 is 22.5. The third kappa shape index (κ3) is 5.63. The minimum absolute atomic E-state index is 0. The van der Waals surface area contributed by atoms with Gasteiger partial charge in [0, 0.05) is 13.1 Å². The largest absolute Gasteiger partial charge is 0.370 e. The number of halogens is 1. The third-order valence-corrected chi connectivity index (χ3v) is 3.65. The van der Waals surface area contributed by atoms with E-state index in [4.69, 9.17) is 10.9 Å². The van der Waals surface area contributed by atoms with Crippen LogP contribution in [0.1, 0.15) is 19.4 Å². The number of guanidine groups is 1. The highest BCUT2D eigenvalue weighted by Gasteiger charge is 2.08. The van der Waals surface area contributed by atoms with E-state index in [1.165, 1.54) is 12.1 Å². The van der Waals surface area contributed by atoms with Crippen molar-refractivity contribution in [3.63, 3.8) is 0 Å². The highest BCUT2D eigenvalue weighted by Crippen LogP contribution is 2.10. The van der Waals surface area contributed by atoms with Crippen molar-refractivity contribution in [3.05, 3.63) is 29.8 Å². The number of sulfonamides is 1. The maximum Gasteiger partial charge on any atom is 0.238 e. The van der Waals surface area contributed by atoms with Crippen LogP contribution >= 0.6 is 24.0 Å². The van der Waals surface area contributed by atoms with Gasteiger partial charge in [0.2, 0.25) is 10.0 Å². The van der Waals surface area contributed by atoms with E-state index >= 15 is 0 Å². The fraction of sp³-hybridized carbons (Fsp3) is 0.417. The minimum atomic E-state index is -3.68. The maximum atomic E-state index is 11.2. The Kier molecular flexibility index (Phi) is 8.06. The zero-order valence-corrected chi connectivity index (χ0v) is 14.8. The lowest BCUT2D eigenvalue weighted by atomic mass is 10.2. The number of nitrogens with two attached hydrogens (primary N) is 2. The zero-order chi connectivity index (χ0) is 14.5. The molecule has 0 aliphatic heterocycles. The Balaban J connectivity index is 0.00000361. The van der Waals surface area contributed by atoms with Gasteiger partial charge in [-0.2, -0.15) is 0 Å². The standard InChI is InChI=1S/C12H20N4O2S.HI/c1-3-16(4-2)12(13)15-9-10-6-5-7-11(8-10)19(14,17)18;/h5-8H,3-4,9H2,1-2H3,(H2,13,15)(H2,14,17,18);1H. The van der Waals surface area contributed by atoms with Crippen molar-refractivity contribution in [2.75, 3.05) is 13.1 Å². The summed E-state index contributed by atoms with van der Waals surface area (Å²) in [6.07, 6.45) is 0. The lowest BCUT2D eigenvalue weighted by molar-refractivity contribution is 0.458. The highest BCUT2D eigenvalue weighted by molar-refractivity contribution is 14.0. The van der Waals surface area contributed by atoms with Crippen molar-refractivity contribution in [2.24, 2.45) is 15.9 Å². The number of aliphatic imine (C=N–C) groups is 1. The summed E-state index contributed by atoms with van der Waals surface area (Å²) in [6.45, 7) is 5.87. The van der Waals surface area contributed by atoms with E-state index in [0.29, 0.717) is 12.5 Å². The van der Waals surface area contributed by atoms with Crippen LogP contribution in [0.2, 0.25) is 0 Å². The molecule has 0 heterocycles. The SMILES string of the molecule is CCN(CC)C(N)=NCc1cccc(S(N)(=O)=O)c1.I. The van der Waals surface area contributed by atoms with Crippen LogP contribution in [0.25, 0.3) is 0 Å². The van der Waals surface area contributed by atoms with Crippen LogP contribution in [0, 0.1) is 0 Å². The van der Waals surface area contributed by atoms with Crippen molar-refractivity contribution < 1.29 is 8.42 Å². The summed E-state index contributed by atoms with van der Waals surface area (Å²) in [5.41, 5.74) is 6.60. The van der Waals surface area contributed by atoms with Crippen molar-refractivity contribution in [1.29, 1.82) is 0 Å². The number of hydrogen-bond donors (Lipinski definition) is 2. The Morgan fingerprint density at radius 2 is 1.90 bits per heavy atom. The van der Waals surface area contributed by atoms with Gasteiger partial charge in [-0.25, -0.2) is 18.5 Å². The number of rotatable bonds is 5. The van der Waals surface area contributed by atoms with Gasteiger partial charge < -0.3 is 10.6 Å². The van der Waals surface area contributed by atoms with Crippen molar-refractivity contribution in [2.45, 2.75) is 25.3 Å². The van der Waals surface area contributed by atoms with Crippen molar-refractivity contribution in [1.82, 2.24) is 4.90 Å². The van der Waals surface area contributed by atoms with Gasteiger partial charge in [0.25, 0.3) is 0 Å². The molecule has 114 valence electrons. The summed E-state index contributed by atoms with van der Waals surface area (Å²) >= 11 is 0. The Bertz CT molecular complexity index is 556. The minimum Gasteiger partial charge on any atom is -0.370 e. The van der Waals surface area contributed by atoms with Gasteiger partial charge >= 0.3 is 0 Å². The number of hydrogen-bond acceptors (Lipinski definition) is 3. The molecule has 0 saturated carbocycles. The molecule has 0 saturated heterocycles. The van der Waals surface area contributed by atoms with Crippen LogP contribution in [0.4, 0.5) is 0 Å². The van der Waals surface area contributed by atoms with Gasteiger partial charge in [0.1, 0.15) is 0 Å².